The van der Waals surface area contributed by atoms with E-state index in [9.17, 15) is 30.0 Å². The number of ether oxygens (including phenoxy) is 4. The molecule has 6 unspecified atom stereocenters. The molecule has 322 valence electrons. The molecular formula is C45H82O10. The molecule has 55 heavy (non-hydrogen) atoms. The maximum atomic E-state index is 12.8. The first-order chi connectivity index (χ1) is 26.8. The monoisotopic (exact) mass is 783 g/mol. The Morgan fingerprint density at radius 2 is 0.964 bits per heavy atom. The summed E-state index contributed by atoms with van der Waals surface area (Å²) in [6.45, 7) is 3.40. The summed E-state index contributed by atoms with van der Waals surface area (Å²) in [5, 5.41) is 40.0. The van der Waals surface area contributed by atoms with E-state index in [2.05, 4.69) is 38.2 Å². The van der Waals surface area contributed by atoms with Gasteiger partial charge in [-0.15, -0.1) is 0 Å². The van der Waals surface area contributed by atoms with Crippen molar-refractivity contribution in [2.24, 2.45) is 0 Å². The quantitative estimate of drug-likeness (QED) is 0.0273. The average molecular weight is 783 g/mol. The summed E-state index contributed by atoms with van der Waals surface area (Å²) in [5.74, 6) is -0.822. The molecule has 0 spiro atoms. The fraction of sp³-hybridized carbons (Fsp3) is 0.867. The lowest BCUT2D eigenvalue weighted by Gasteiger charge is -2.39. The van der Waals surface area contributed by atoms with Gasteiger partial charge >= 0.3 is 11.9 Å². The third-order valence-electron chi connectivity index (χ3n) is 10.3. The van der Waals surface area contributed by atoms with E-state index in [0.717, 1.165) is 64.2 Å². The second-order valence-corrected chi connectivity index (χ2v) is 15.5. The van der Waals surface area contributed by atoms with Gasteiger partial charge in [-0.2, -0.15) is 0 Å². The van der Waals surface area contributed by atoms with Crippen LogP contribution < -0.4 is 0 Å². The molecule has 1 aliphatic heterocycles. The van der Waals surface area contributed by atoms with E-state index < -0.39 is 49.4 Å². The smallest absolute Gasteiger partial charge is 0.306 e. The molecule has 0 bridgehead atoms. The van der Waals surface area contributed by atoms with Crippen LogP contribution in [0.4, 0.5) is 0 Å². The molecule has 1 heterocycles. The van der Waals surface area contributed by atoms with Gasteiger partial charge in [0.05, 0.1) is 13.2 Å². The Morgan fingerprint density at radius 3 is 1.42 bits per heavy atom. The summed E-state index contributed by atoms with van der Waals surface area (Å²) in [6, 6.07) is 0. The fourth-order valence-corrected chi connectivity index (χ4v) is 6.71. The highest BCUT2D eigenvalue weighted by atomic mass is 16.7. The molecule has 1 fully saturated rings. The van der Waals surface area contributed by atoms with Crippen molar-refractivity contribution in [1.82, 2.24) is 0 Å². The maximum Gasteiger partial charge on any atom is 0.306 e. The number of aliphatic hydroxyl groups is 4. The van der Waals surface area contributed by atoms with Gasteiger partial charge in [-0.05, 0) is 64.2 Å². The normalized spacial score (nSPS) is 20.7. The molecule has 0 aromatic carbocycles. The number of allylic oxidation sites excluding steroid dienone is 4. The highest BCUT2D eigenvalue weighted by Crippen LogP contribution is 2.22. The molecule has 6 atom stereocenters. The van der Waals surface area contributed by atoms with Gasteiger partial charge in [0.15, 0.2) is 12.4 Å². The van der Waals surface area contributed by atoms with Crippen molar-refractivity contribution in [3.05, 3.63) is 24.3 Å². The van der Waals surface area contributed by atoms with Gasteiger partial charge in [0, 0.05) is 12.8 Å². The Kier molecular flexibility index (Phi) is 34.0. The minimum absolute atomic E-state index is 0.220. The summed E-state index contributed by atoms with van der Waals surface area (Å²) in [5.41, 5.74) is 0. The summed E-state index contributed by atoms with van der Waals surface area (Å²) in [4.78, 5) is 25.3. The summed E-state index contributed by atoms with van der Waals surface area (Å²) < 4.78 is 22.1. The minimum atomic E-state index is -1.60. The predicted molar refractivity (Wildman–Crippen MR) is 219 cm³/mol. The fourth-order valence-electron chi connectivity index (χ4n) is 6.71. The first-order valence-electron chi connectivity index (χ1n) is 22.4. The molecule has 0 saturated carbocycles. The largest absolute Gasteiger partial charge is 0.462 e. The molecule has 4 N–H and O–H groups in total. The second-order valence-electron chi connectivity index (χ2n) is 15.5. The first-order valence-corrected chi connectivity index (χ1v) is 22.4. The molecule has 1 aliphatic rings. The predicted octanol–water partition coefficient (Wildman–Crippen LogP) is 9.33. The van der Waals surface area contributed by atoms with Crippen molar-refractivity contribution < 1.29 is 49.0 Å². The topological polar surface area (TPSA) is 152 Å². The zero-order valence-corrected chi connectivity index (χ0v) is 34.9. The van der Waals surface area contributed by atoms with Crippen LogP contribution in [0.5, 0.6) is 0 Å². The van der Waals surface area contributed by atoms with Crippen LogP contribution in [0, 0.1) is 0 Å². The Labute approximate surface area is 334 Å². The van der Waals surface area contributed by atoms with Crippen LogP contribution >= 0.6 is 0 Å². The van der Waals surface area contributed by atoms with Gasteiger partial charge in [-0.1, -0.05) is 141 Å². The van der Waals surface area contributed by atoms with Gasteiger partial charge in [-0.25, -0.2) is 0 Å². The van der Waals surface area contributed by atoms with E-state index in [4.69, 9.17) is 18.9 Å². The van der Waals surface area contributed by atoms with E-state index in [-0.39, 0.29) is 32.0 Å². The molecule has 10 nitrogen and oxygen atoms in total. The van der Waals surface area contributed by atoms with E-state index in [1.165, 1.54) is 89.9 Å². The van der Waals surface area contributed by atoms with Gasteiger partial charge in [0.1, 0.15) is 31.0 Å². The number of hydrogen-bond donors (Lipinski definition) is 4. The Balaban J connectivity index is 2.34. The first kappa shape index (κ1) is 51.2. The molecule has 10 heteroatoms. The second kappa shape index (κ2) is 36.5. The third-order valence-corrected chi connectivity index (χ3v) is 10.3. The molecule has 0 amide bonds. The molecule has 1 saturated heterocycles. The number of hydrogen-bond acceptors (Lipinski definition) is 10. The van der Waals surface area contributed by atoms with Crippen molar-refractivity contribution >= 4 is 11.9 Å². The lowest BCUT2D eigenvalue weighted by molar-refractivity contribution is -0.305. The van der Waals surface area contributed by atoms with Crippen LogP contribution in [0.15, 0.2) is 24.3 Å². The van der Waals surface area contributed by atoms with Crippen LogP contribution in [-0.2, 0) is 28.5 Å². The number of aliphatic hydroxyl groups excluding tert-OH is 4. The van der Waals surface area contributed by atoms with Crippen molar-refractivity contribution in [2.45, 2.75) is 230 Å². The molecule has 0 radical (unpaired) electrons. The lowest BCUT2D eigenvalue weighted by atomic mass is 9.99. The third kappa shape index (κ3) is 28.3. The van der Waals surface area contributed by atoms with Gasteiger partial charge in [0.25, 0.3) is 0 Å². The van der Waals surface area contributed by atoms with Crippen molar-refractivity contribution in [1.29, 1.82) is 0 Å². The SMILES string of the molecule is CCCCCCC/C=C\CCCCCCCC(=O)OCC(COC1OC(CO)C(O)C(O)C1O)OC(=O)CCCCCCC/C=C\CCCCCCCCC. The van der Waals surface area contributed by atoms with Crippen molar-refractivity contribution in [2.75, 3.05) is 19.8 Å². The Bertz CT molecular complexity index is 954. The number of esters is 2. The molecule has 1 rings (SSSR count). The van der Waals surface area contributed by atoms with E-state index in [1.54, 1.807) is 0 Å². The Morgan fingerprint density at radius 1 is 0.545 bits per heavy atom. The standard InChI is InChI=1S/C45H82O10/c1-3-5-7-9-11-13-15-17-19-20-22-24-26-28-30-32-34-41(48)54-38(37-53-45-44(51)43(50)42(49)39(35-46)55-45)36-52-40(47)33-31-29-27-25-23-21-18-16-14-12-10-8-6-4-2/h16,18-20,38-39,42-46,49-51H,3-15,17,21-37H2,1-2H3/b18-16-,20-19-. The summed E-state index contributed by atoms with van der Waals surface area (Å²) >= 11 is 0. The van der Waals surface area contributed by atoms with Crippen LogP contribution in [0.25, 0.3) is 0 Å². The minimum Gasteiger partial charge on any atom is -0.462 e. The van der Waals surface area contributed by atoms with Crippen LogP contribution in [-0.4, -0.2) is 89.0 Å². The Hall–Kier alpha value is -1.82. The van der Waals surface area contributed by atoms with Gasteiger partial charge < -0.3 is 39.4 Å². The number of unbranched alkanes of at least 4 members (excludes halogenated alkanes) is 22. The van der Waals surface area contributed by atoms with Crippen LogP contribution in [0.1, 0.15) is 194 Å². The van der Waals surface area contributed by atoms with E-state index in [0.29, 0.717) is 12.8 Å². The zero-order valence-electron chi connectivity index (χ0n) is 34.9. The maximum absolute atomic E-state index is 12.8. The van der Waals surface area contributed by atoms with Gasteiger partial charge in [-0.3, -0.25) is 9.59 Å². The summed E-state index contributed by atoms with van der Waals surface area (Å²) in [6.07, 6.45) is 31.8. The average Bonchev–Trinajstić information content (AvgIpc) is 3.18. The zero-order chi connectivity index (χ0) is 40.2. The number of carbonyl (C=O) groups excluding carboxylic acids is 2. The molecule has 0 aromatic heterocycles. The van der Waals surface area contributed by atoms with Crippen LogP contribution in [0.3, 0.4) is 0 Å². The van der Waals surface area contributed by atoms with E-state index >= 15 is 0 Å². The van der Waals surface area contributed by atoms with Crippen molar-refractivity contribution in [3.63, 3.8) is 0 Å². The van der Waals surface area contributed by atoms with E-state index in [1.807, 2.05) is 0 Å². The molecule has 0 aromatic rings. The van der Waals surface area contributed by atoms with Crippen LogP contribution in [0.2, 0.25) is 0 Å². The lowest BCUT2D eigenvalue weighted by Crippen LogP contribution is -2.59. The highest BCUT2D eigenvalue weighted by Gasteiger charge is 2.44. The molecular weight excluding hydrogens is 700 g/mol. The number of carbonyl (C=O) groups is 2. The van der Waals surface area contributed by atoms with Gasteiger partial charge in [0.2, 0.25) is 0 Å². The highest BCUT2D eigenvalue weighted by molar-refractivity contribution is 5.70. The van der Waals surface area contributed by atoms with Crippen molar-refractivity contribution in [3.8, 4) is 0 Å². The number of rotatable bonds is 37. The molecule has 0 aliphatic carbocycles. The summed E-state index contributed by atoms with van der Waals surface area (Å²) in [7, 11) is 0.